The summed E-state index contributed by atoms with van der Waals surface area (Å²) in [4.78, 5) is 40.3. The lowest BCUT2D eigenvalue weighted by atomic mass is 10.1. The van der Waals surface area contributed by atoms with Crippen LogP contribution in [-0.4, -0.2) is 60.9 Å². The fourth-order valence-electron chi connectivity index (χ4n) is 4.08. The zero-order valence-electron chi connectivity index (χ0n) is 24.7. The summed E-state index contributed by atoms with van der Waals surface area (Å²) in [6, 6.07) is 6.77. The first-order chi connectivity index (χ1) is 20.6. The van der Waals surface area contributed by atoms with Crippen LogP contribution >= 0.6 is 23.2 Å². The number of aryl methyl sites for hydroxylation is 1. The molecule has 0 saturated heterocycles. The highest BCUT2D eigenvalue weighted by molar-refractivity contribution is 7.84. The minimum atomic E-state index is -1.20. The van der Waals surface area contributed by atoms with Crippen LogP contribution in [0.5, 0.6) is 0 Å². The first kappa shape index (κ1) is 34.6. The van der Waals surface area contributed by atoms with Crippen LogP contribution in [0.25, 0.3) is 11.1 Å². The molecule has 13 nitrogen and oxygen atoms in total. The Morgan fingerprint density at radius 1 is 1.18 bits per heavy atom. The van der Waals surface area contributed by atoms with Gasteiger partial charge in [-0.15, -0.1) is 0 Å². The summed E-state index contributed by atoms with van der Waals surface area (Å²) < 4.78 is 19.0. The summed E-state index contributed by atoms with van der Waals surface area (Å²) in [6.45, 7) is 6.11. The molecule has 1 aromatic carbocycles. The van der Waals surface area contributed by atoms with Crippen LogP contribution in [0.4, 0.5) is 27.8 Å². The molecule has 2 heterocycles. The van der Waals surface area contributed by atoms with Crippen molar-refractivity contribution in [1.82, 2.24) is 14.9 Å². The smallest absolute Gasteiger partial charge is 0.408 e. The van der Waals surface area contributed by atoms with Gasteiger partial charge in [0.05, 0.1) is 15.6 Å². The molecule has 2 aromatic heterocycles. The van der Waals surface area contributed by atoms with Crippen LogP contribution in [-0.2, 0) is 26.9 Å². The molecule has 0 bridgehead atoms. The third-order valence-corrected chi connectivity index (χ3v) is 7.42. The first-order valence-corrected chi connectivity index (χ1v) is 16.0. The maximum Gasteiger partial charge on any atom is 0.408 e. The number of benzene rings is 1. The molecule has 3 aromatic rings. The predicted molar refractivity (Wildman–Crippen MR) is 174 cm³/mol. The molecule has 0 radical (unpaired) electrons. The van der Waals surface area contributed by atoms with E-state index >= 15 is 0 Å². The molecule has 44 heavy (non-hydrogen) atoms. The number of aromatic nitrogens is 2. The Hall–Kier alpha value is -3.88. The first-order valence-electron chi connectivity index (χ1n) is 13.5. The minimum absolute atomic E-state index is 0.124. The van der Waals surface area contributed by atoms with E-state index in [1.165, 1.54) is 18.4 Å². The molecule has 0 aliphatic carbocycles. The number of nitrogens with two attached hydrogens (primary N) is 1. The van der Waals surface area contributed by atoms with Gasteiger partial charge in [0.2, 0.25) is 11.7 Å². The van der Waals surface area contributed by atoms with Crippen molar-refractivity contribution in [1.29, 1.82) is 0 Å². The second kappa shape index (κ2) is 15.2. The van der Waals surface area contributed by atoms with Gasteiger partial charge in [0, 0.05) is 70.5 Å². The van der Waals surface area contributed by atoms with Gasteiger partial charge in [0.15, 0.2) is 0 Å². The molecule has 0 aliphatic rings. The molecule has 5 N–H and O–H groups in total. The van der Waals surface area contributed by atoms with Crippen molar-refractivity contribution in [2.24, 2.45) is 0 Å². The topological polar surface area (TPSA) is 184 Å². The highest BCUT2D eigenvalue weighted by Gasteiger charge is 2.26. The molecule has 0 saturated carbocycles. The Kier molecular flexibility index (Phi) is 12.0. The Morgan fingerprint density at radius 3 is 2.52 bits per heavy atom. The van der Waals surface area contributed by atoms with Gasteiger partial charge in [0.25, 0.3) is 0 Å². The largest absolute Gasteiger partial charge is 0.444 e. The second-order valence-corrected chi connectivity index (χ2v) is 13.2. The van der Waals surface area contributed by atoms with Crippen molar-refractivity contribution in [3.05, 3.63) is 62.9 Å². The quantitative estimate of drug-likeness (QED) is 0.105. The molecular weight excluding hydrogens is 633 g/mol. The number of alkyl carbamates (subject to hydrolysis) is 1. The van der Waals surface area contributed by atoms with E-state index in [-0.39, 0.29) is 23.7 Å². The van der Waals surface area contributed by atoms with Crippen molar-refractivity contribution < 1.29 is 23.5 Å². The van der Waals surface area contributed by atoms with E-state index in [4.69, 9.17) is 33.7 Å². The average molecular weight is 669 g/mol. The van der Waals surface area contributed by atoms with E-state index in [0.717, 1.165) is 0 Å². The molecule has 16 heteroatoms. The maximum atomic E-state index is 13.5. The number of carbonyl (C=O) groups excluding carboxylic acids is 2. The number of hydrogen-bond acceptors (Lipinski definition) is 9. The lowest BCUT2D eigenvalue weighted by molar-refractivity contribution is -0.384. The molecule has 2 unspecified atom stereocenters. The van der Waals surface area contributed by atoms with Gasteiger partial charge in [0.1, 0.15) is 17.5 Å². The molecule has 2 atom stereocenters. The Bertz CT molecular complexity index is 1540. The number of pyridine rings is 1. The van der Waals surface area contributed by atoms with Gasteiger partial charge in [-0.05, 0) is 51.8 Å². The molecule has 238 valence electrons. The van der Waals surface area contributed by atoms with Gasteiger partial charge in [-0.2, -0.15) is 0 Å². The number of ether oxygens (including phenoxy) is 1. The van der Waals surface area contributed by atoms with Crippen LogP contribution < -0.4 is 21.7 Å². The summed E-state index contributed by atoms with van der Waals surface area (Å²) in [5.74, 6) is -0.111. The number of amides is 2. The molecule has 2 amide bonds. The third kappa shape index (κ3) is 10.4. The Morgan fingerprint density at radius 2 is 1.91 bits per heavy atom. The number of nitrogens with one attached hydrogen (secondary N) is 3. The monoisotopic (exact) mass is 667 g/mol. The van der Waals surface area contributed by atoms with Crippen LogP contribution in [0.2, 0.25) is 10.0 Å². The number of nitrogen functional groups attached to an aromatic ring is 1. The van der Waals surface area contributed by atoms with Crippen molar-refractivity contribution >= 4 is 69.0 Å². The second-order valence-electron chi connectivity index (χ2n) is 10.8. The molecular formula is C28H35Cl2N7O6S. The lowest BCUT2D eigenvalue weighted by Crippen LogP contribution is -2.46. The van der Waals surface area contributed by atoms with Crippen molar-refractivity contribution in [3.8, 4) is 11.1 Å². The van der Waals surface area contributed by atoms with Gasteiger partial charge in [-0.1, -0.05) is 29.3 Å². The van der Waals surface area contributed by atoms with Crippen LogP contribution in [0.1, 0.15) is 33.6 Å². The number of carbonyl (C=O) groups is 2. The molecule has 0 spiro atoms. The molecule has 3 rings (SSSR count). The average Bonchev–Trinajstić information content (AvgIpc) is 3.29. The number of nitrogens with zero attached hydrogens (tertiary/aromatic N) is 3. The van der Waals surface area contributed by atoms with Crippen LogP contribution in [0, 0.1) is 10.1 Å². The minimum Gasteiger partial charge on any atom is -0.444 e. The van der Waals surface area contributed by atoms with Gasteiger partial charge in [-0.3, -0.25) is 19.1 Å². The third-order valence-electron chi connectivity index (χ3n) is 6.06. The van der Waals surface area contributed by atoms with Crippen molar-refractivity contribution in [2.75, 3.05) is 34.9 Å². The van der Waals surface area contributed by atoms with Crippen LogP contribution in [0.15, 0.2) is 42.7 Å². The summed E-state index contributed by atoms with van der Waals surface area (Å²) in [6.07, 6.45) is 5.05. The fraction of sp³-hybridized carbons (Fsp3) is 0.393. The van der Waals surface area contributed by atoms with E-state index < -0.39 is 39.4 Å². The number of hydrogen-bond donors (Lipinski definition) is 4. The zero-order chi connectivity index (χ0) is 32.6. The predicted octanol–water partition coefficient (Wildman–Crippen LogP) is 5.45. The highest BCUT2D eigenvalue weighted by Crippen LogP contribution is 2.36. The van der Waals surface area contributed by atoms with Crippen molar-refractivity contribution in [2.45, 2.75) is 51.8 Å². The molecule has 0 aliphatic heterocycles. The highest BCUT2D eigenvalue weighted by atomic mass is 35.5. The lowest BCUT2D eigenvalue weighted by Gasteiger charge is -2.23. The summed E-state index contributed by atoms with van der Waals surface area (Å²) >= 11 is 12.6. The van der Waals surface area contributed by atoms with E-state index in [0.29, 0.717) is 52.2 Å². The standard InChI is InChI=1S/C28H35Cl2N7O6S/c1-28(2,3)43-27(39)34-21(10-13-44(4)42)26(38)33-22-16-36(15-19(22)18-7-6-17(29)14-20(18)30)12-5-11-32-24-9-8-23(37(40)41)25(31)35-24/h6-9,14-16,21H,5,10-13H2,1-4H3,(H,33,38)(H,34,39)(H3,31,32,35). The fourth-order valence-corrected chi connectivity index (χ4v) is 5.16. The number of nitro groups is 1. The number of rotatable bonds is 13. The van der Waals surface area contributed by atoms with E-state index in [1.54, 1.807) is 45.2 Å². The summed E-state index contributed by atoms with van der Waals surface area (Å²) in [5, 5.41) is 20.3. The zero-order valence-corrected chi connectivity index (χ0v) is 27.0. The summed E-state index contributed by atoms with van der Waals surface area (Å²) in [7, 11) is -1.20. The Labute approximate surface area is 267 Å². The van der Waals surface area contributed by atoms with Crippen molar-refractivity contribution in [3.63, 3.8) is 0 Å². The van der Waals surface area contributed by atoms with Crippen LogP contribution in [0.3, 0.4) is 0 Å². The Balaban J connectivity index is 1.79. The number of halogens is 2. The van der Waals surface area contributed by atoms with Gasteiger partial charge < -0.3 is 31.0 Å². The maximum absolute atomic E-state index is 13.5. The normalized spacial score (nSPS) is 12.7. The van der Waals surface area contributed by atoms with Gasteiger partial charge in [-0.25, -0.2) is 9.78 Å². The van der Waals surface area contributed by atoms with E-state index in [9.17, 15) is 23.9 Å². The van der Waals surface area contributed by atoms with E-state index in [2.05, 4.69) is 20.9 Å². The molecule has 0 fully saturated rings. The van der Waals surface area contributed by atoms with E-state index in [1.807, 2.05) is 10.8 Å². The number of anilines is 3. The SMILES string of the molecule is CS(=O)CCC(NC(=O)OC(C)(C)C)C(=O)Nc1cn(CCCNc2ccc([N+](=O)[O-])c(N)n2)cc1-c1ccc(Cl)cc1Cl. The summed E-state index contributed by atoms with van der Waals surface area (Å²) in [5.41, 5.74) is 6.31. The van der Waals surface area contributed by atoms with Gasteiger partial charge >= 0.3 is 11.8 Å².